The van der Waals surface area contributed by atoms with Crippen molar-refractivity contribution in [3.8, 4) is 0 Å². The first-order valence-corrected chi connectivity index (χ1v) is 6.62. The normalized spacial score (nSPS) is 18.4. The third-order valence-corrected chi connectivity index (χ3v) is 4.09. The molecule has 18 heavy (non-hydrogen) atoms. The maximum Gasteiger partial charge on any atom is 0.306 e. The van der Waals surface area contributed by atoms with Gasteiger partial charge in [-0.2, -0.15) is 0 Å². The molecule has 1 N–H and O–H groups in total. The van der Waals surface area contributed by atoms with Crippen molar-refractivity contribution in [3.63, 3.8) is 0 Å². The van der Waals surface area contributed by atoms with Crippen LogP contribution in [0.1, 0.15) is 12.5 Å². The quantitative estimate of drug-likeness (QED) is 0.925. The lowest BCUT2D eigenvalue weighted by atomic mass is 9.87. The summed E-state index contributed by atoms with van der Waals surface area (Å²) in [5, 5.41) is 10.3. The third kappa shape index (κ3) is 2.97. The zero-order valence-corrected chi connectivity index (χ0v) is 11.6. The van der Waals surface area contributed by atoms with Crippen LogP contribution in [0.2, 0.25) is 10.0 Å². The highest BCUT2D eigenvalue weighted by Crippen LogP contribution is 2.28. The highest BCUT2D eigenvalue weighted by Gasteiger charge is 2.34. The monoisotopic (exact) mass is 287 g/mol. The minimum Gasteiger partial charge on any atom is -0.481 e. The van der Waals surface area contributed by atoms with E-state index in [9.17, 15) is 4.79 Å². The first-order valence-electron chi connectivity index (χ1n) is 5.86. The molecule has 0 saturated carbocycles. The van der Waals surface area contributed by atoms with Gasteiger partial charge in [0, 0.05) is 29.7 Å². The third-order valence-electron chi connectivity index (χ3n) is 3.48. The SMILES string of the molecule is CC(C(=O)O)C1CN(Cc2cc(Cl)ccc2Cl)C1. The lowest BCUT2D eigenvalue weighted by molar-refractivity contribution is -0.145. The minimum atomic E-state index is -0.722. The van der Waals surface area contributed by atoms with Crippen LogP contribution >= 0.6 is 23.2 Å². The van der Waals surface area contributed by atoms with Gasteiger partial charge in [-0.25, -0.2) is 0 Å². The lowest BCUT2D eigenvalue weighted by Gasteiger charge is -2.41. The highest BCUT2D eigenvalue weighted by molar-refractivity contribution is 6.33. The van der Waals surface area contributed by atoms with Crippen molar-refractivity contribution in [2.24, 2.45) is 11.8 Å². The van der Waals surface area contributed by atoms with Gasteiger partial charge in [0.05, 0.1) is 5.92 Å². The van der Waals surface area contributed by atoms with Crippen LogP contribution in [-0.2, 0) is 11.3 Å². The molecule has 2 rings (SSSR count). The number of carboxylic acids is 1. The number of hydrogen-bond donors (Lipinski definition) is 1. The van der Waals surface area contributed by atoms with Crippen LogP contribution in [-0.4, -0.2) is 29.1 Å². The van der Waals surface area contributed by atoms with Gasteiger partial charge in [0.1, 0.15) is 0 Å². The molecule has 1 unspecified atom stereocenters. The van der Waals surface area contributed by atoms with Gasteiger partial charge in [-0.15, -0.1) is 0 Å². The van der Waals surface area contributed by atoms with E-state index in [2.05, 4.69) is 4.90 Å². The summed E-state index contributed by atoms with van der Waals surface area (Å²) >= 11 is 12.0. The summed E-state index contributed by atoms with van der Waals surface area (Å²) in [7, 11) is 0. The molecule has 0 aliphatic carbocycles. The number of benzene rings is 1. The van der Waals surface area contributed by atoms with Gasteiger partial charge in [-0.05, 0) is 29.7 Å². The number of nitrogens with zero attached hydrogens (tertiary/aromatic N) is 1. The van der Waals surface area contributed by atoms with Crippen LogP contribution in [0.3, 0.4) is 0 Å². The molecular formula is C13H15Cl2NO2. The first-order chi connectivity index (χ1) is 8.47. The Morgan fingerprint density at radius 2 is 2.17 bits per heavy atom. The molecule has 1 aliphatic rings. The molecule has 1 aliphatic heterocycles. The van der Waals surface area contributed by atoms with Crippen molar-refractivity contribution >= 4 is 29.2 Å². The molecule has 0 amide bonds. The second-order valence-electron chi connectivity index (χ2n) is 4.82. The summed E-state index contributed by atoms with van der Waals surface area (Å²) in [5.41, 5.74) is 0.991. The van der Waals surface area contributed by atoms with E-state index in [4.69, 9.17) is 28.3 Å². The molecule has 1 heterocycles. The van der Waals surface area contributed by atoms with Crippen LogP contribution in [0, 0.1) is 11.8 Å². The fourth-order valence-corrected chi connectivity index (χ4v) is 2.53. The number of carbonyl (C=O) groups is 1. The van der Waals surface area contributed by atoms with Crippen molar-refractivity contribution in [1.82, 2.24) is 4.90 Å². The van der Waals surface area contributed by atoms with E-state index in [-0.39, 0.29) is 11.8 Å². The molecular weight excluding hydrogens is 273 g/mol. The van der Waals surface area contributed by atoms with Crippen molar-refractivity contribution in [1.29, 1.82) is 0 Å². The number of likely N-dealkylation sites (tertiary alicyclic amines) is 1. The summed E-state index contributed by atoms with van der Waals surface area (Å²) in [6, 6.07) is 5.41. The van der Waals surface area contributed by atoms with Gasteiger partial charge in [0.25, 0.3) is 0 Å². The Morgan fingerprint density at radius 1 is 1.50 bits per heavy atom. The molecule has 0 radical (unpaired) electrons. The maximum atomic E-state index is 10.8. The van der Waals surface area contributed by atoms with Crippen LogP contribution in [0.15, 0.2) is 18.2 Å². The Labute approximate surface area is 116 Å². The molecule has 1 aromatic carbocycles. The zero-order valence-electron chi connectivity index (χ0n) is 10.1. The molecule has 0 bridgehead atoms. The van der Waals surface area contributed by atoms with Crippen LogP contribution in [0.5, 0.6) is 0 Å². The summed E-state index contributed by atoms with van der Waals surface area (Å²) in [4.78, 5) is 13.0. The average Bonchev–Trinajstić information content (AvgIpc) is 2.26. The second-order valence-corrected chi connectivity index (χ2v) is 5.66. The van der Waals surface area contributed by atoms with Crippen molar-refractivity contribution < 1.29 is 9.90 Å². The maximum absolute atomic E-state index is 10.8. The number of rotatable bonds is 4. The van der Waals surface area contributed by atoms with Gasteiger partial charge in [-0.1, -0.05) is 30.1 Å². The molecule has 5 heteroatoms. The molecule has 1 fully saturated rings. The lowest BCUT2D eigenvalue weighted by Crippen LogP contribution is -2.50. The number of aliphatic carboxylic acids is 1. The van der Waals surface area contributed by atoms with E-state index in [0.29, 0.717) is 10.0 Å². The summed E-state index contributed by atoms with van der Waals surface area (Å²) < 4.78 is 0. The number of hydrogen-bond acceptors (Lipinski definition) is 2. The van der Waals surface area contributed by atoms with Gasteiger partial charge in [0.2, 0.25) is 0 Å². The van der Waals surface area contributed by atoms with Crippen molar-refractivity contribution in [2.75, 3.05) is 13.1 Å². The Bertz CT molecular complexity index is 458. The van der Waals surface area contributed by atoms with Gasteiger partial charge < -0.3 is 5.11 Å². The molecule has 1 aromatic rings. The molecule has 98 valence electrons. The molecule has 0 aromatic heterocycles. The Hall–Kier alpha value is -0.770. The Kier molecular flexibility index (Phi) is 4.15. The van der Waals surface area contributed by atoms with E-state index in [1.807, 2.05) is 6.07 Å². The molecule has 3 nitrogen and oxygen atoms in total. The predicted octanol–water partition coefficient (Wildman–Crippen LogP) is 3.15. The Balaban J connectivity index is 1.90. The molecule has 1 atom stereocenters. The van der Waals surface area contributed by atoms with Crippen LogP contribution in [0.4, 0.5) is 0 Å². The second kappa shape index (κ2) is 5.47. The fraction of sp³-hybridized carbons (Fsp3) is 0.462. The average molecular weight is 288 g/mol. The van der Waals surface area contributed by atoms with E-state index < -0.39 is 5.97 Å². The predicted molar refractivity (Wildman–Crippen MR) is 72.0 cm³/mol. The minimum absolute atomic E-state index is 0.237. The molecule has 1 saturated heterocycles. The van der Waals surface area contributed by atoms with Crippen LogP contribution < -0.4 is 0 Å². The highest BCUT2D eigenvalue weighted by atomic mass is 35.5. The summed E-state index contributed by atoms with van der Waals surface area (Å²) in [5.74, 6) is -0.767. The number of halogens is 2. The standard InChI is InChI=1S/C13H15Cl2NO2/c1-8(13(17)18)10-6-16(7-10)5-9-4-11(14)2-3-12(9)15/h2-4,8,10H,5-7H2,1H3,(H,17,18). The summed E-state index contributed by atoms with van der Waals surface area (Å²) in [6.45, 7) is 4.09. The van der Waals surface area contributed by atoms with Gasteiger partial charge >= 0.3 is 5.97 Å². The number of carboxylic acid groups (broad SMARTS) is 1. The topological polar surface area (TPSA) is 40.5 Å². The smallest absolute Gasteiger partial charge is 0.306 e. The fourth-order valence-electron chi connectivity index (χ4n) is 2.16. The van der Waals surface area contributed by atoms with E-state index in [1.54, 1.807) is 19.1 Å². The van der Waals surface area contributed by atoms with E-state index >= 15 is 0 Å². The van der Waals surface area contributed by atoms with Crippen molar-refractivity contribution in [2.45, 2.75) is 13.5 Å². The largest absolute Gasteiger partial charge is 0.481 e. The van der Waals surface area contributed by atoms with Crippen LogP contribution in [0.25, 0.3) is 0 Å². The van der Waals surface area contributed by atoms with E-state index in [0.717, 1.165) is 25.2 Å². The van der Waals surface area contributed by atoms with Crippen molar-refractivity contribution in [3.05, 3.63) is 33.8 Å². The Morgan fingerprint density at radius 3 is 2.78 bits per heavy atom. The van der Waals surface area contributed by atoms with E-state index in [1.165, 1.54) is 0 Å². The first kappa shape index (κ1) is 13.7. The zero-order chi connectivity index (χ0) is 13.3. The van der Waals surface area contributed by atoms with Gasteiger partial charge in [-0.3, -0.25) is 9.69 Å². The molecule has 0 spiro atoms. The summed E-state index contributed by atoms with van der Waals surface area (Å²) in [6.07, 6.45) is 0. The van der Waals surface area contributed by atoms with Gasteiger partial charge in [0.15, 0.2) is 0 Å².